The Balaban J connectivity index is 1.42. The van der Waals surface area contributed by atoms with Crippen LogP contribution in [0.15, 0.2) is 73.1 Å². The molecule has 1 fully saturated rings. The van der Waals surface area contributed by atoms with E-state index in [1.165, 1.54) is 5.56 Å². The molecule has 1 aromatic heterocycles. The van der Waals surface area contributed by atoms with Gasteiger partial charge >= 0.3 is 0 Å². The van der Waals surface area contributed by atoms with Gasteiger partial charge in [-0.1, -0.05) is 48.5 Å². The fourth-order valence-corrected chi connectivity index (χ4v) is 3.48. The number of carbonyl (C=O) groups excluding carboxylic acids is 1. The topological polar surface area (TPSA) is 38.1 Å². The van der Waals surface area contributed by atoms with Gasteiger partial charge in [0.25, 0.3) is 5.91 Å². The number of aromatic nitrogens is 2. The first kappa shape index (κ1) is 15.6. The van der Waals surface area contributed by atoms with Crippen molar-refractivity contribution >= 4 is 5.91 Å². The molecule has 2 aromatic carbocycles. The summed E-state index contributed by atoms with van der Waals surface area (Å²) in [6, 6.07) is 20.5. The Morgan fingerprint density at radius 2 is 1.56 bits per heavy atom. The highest BCUT2D eigenvalue weighted by Gasteiger charge is 2.25. The Labute approximate surface area is 147 Å². The quantitative estimate of drug-likeness (QED) is 0.730. The van der Waals surface area contributed by atoms with Crippen LogP contribution in [0.2, 0.25) is 0 Å². The van der Waals surface area contributed by atoms with E-state index in [4.69, 9.17) is 0 Å². The minimum Gasteiger partial charge on any atom is -0.339 e. The molecule has 0 spiro atoms. The molecule has 2 heterocycles. The van der Waals surface area contributed by atoms with Crippen LogP contribution in [0.4, 0.5) is 0 Å². The molecule has 0 saturated carbocycles. The van der Waals surface area contributed by atoms with Gasteiger partial charge in [0.05, 0.1) is 17.4 Å². The van der Waals surface area contributed by atoms with Crippen LogP contribution < -0.4 is 0 Å². The van der Waals surface area contributed by atoms with Crippen LogP contribution >= 0.6 is 0 Å². The minimum atomic E-state index is 0.0775. The molecule has 4 nitrogen and oxygen atoms in total. The van der Waals surface area contributed by atoms with Crippen LogP contribution in [0.1, 0.15) is 34.7 Å². The molecule has 0 bridgehead atoms. The third-order valence-corrected chi connectivity index (χ3v) is 4.90. The second kappa shape index (κ2) is 6.93. The van der Waals surface area contributed by atoms with Gasteiger partial charge in [-0.05, 0) is 36.5 Å². The van der Waals surface area contributed by atoms with E-state index in [9.17, 15) is 4.79 Å². The maximum Gasteiger partial charge on any atom is 0.257 e. The summed E-state index contributed by atoms with van der Waals surface area (Å²) in [5.74, 6) is 0.631. The van der Waals surface area contributed by atoms with Crippen LogP contribution in [0.3, 0.4) is 0 Å². The molecular weight excluding hydrogens is 310 g/mol. The molecule has 0 N–H and O–H groups in total. The lowest BCUT2D eigenvalue weighted by atomic mass is 9.89. The van der Waals surface area contributed by atoms with Crippen molar-refractivity contribution < 1.29 is 4.79 Å². The Kier molecular flexibility index (Phi) is 4.34. The third kappa shape index (κ3) is 3.33. The number of piperidine rings is 1. The summed E-state index contributed by atoms with van der Waals surface area (Å²) in [6.07, 6.45) is 5.52. The standard InChI is InChI=1S/C21H21N3O/c25-21(19-15-22-24(16-19)20-9-5-2-6-10-20)23-13-11-18(12-14-23)17-7-3-1-4-8-17/h1-10,15-16,18H,11-14H2. The fourth-order valence-electron chi connectivity index (χ4n) is 3.48. The number of hydrogen-bond acceptors (Lipinski definition) is 2. The molecule has 4 rings (SSSR count). The molecule has 1 amide bonds. The lowest BCUT2D eigenvalue weighted by Gasteiger charge is -2.32. The molecule has 126 valence electrons. The average molecular weight is 331 g/mol. The van der Waals surface area contributed by atoms with Crippen LogP contribution in [-0.2, 0) is 0 Å². The van der Waals surface area contributed by atoms with Gasteiger partial charge < -0.3 is 4.90 Å². The summed E-state index contributed by atoms with van der Waals surface area (Å²) in [6.45, 7) is 1.60. The van der Waals surface area contributed by atoms with Crippen LogP contribution in [-0.4, -0.2) is 33.7 Å². The molecule has 0 radical (unpaired) electrons. The maximum atomic E-state index is 12.8. The minimum absolute atomic E-state index is 0.0775. The summed E-state index contributed by atoms with van der Waals surface area (Å²) in [5.41, 5.74) is 3.00. The molecule has 1 aliphatic heterocycles. The predicted molar refractivity (Wildman–Crippen MR) is 97.9 cm³/mol. The van der Waals surface area contributed by atoms with Gasteiger partial charge in [0.1, 0.15) is 0 Å². The Morgan fingerprint density at radius 1 is 0.920 bits per heavy atom. The molecule has 0 atom stereocenters. The number of likely N-dealkylation sites (tertiary alicyclic amines) is 1. The third-order valence-electron chi connectivity index (χ3n) is 4.90. The number of para-hydroxylation sites is 1. The molecule has 0 aliphatic carbocycles. The molecule has 1 saturated heterocycles. The highest BCUT2D eigenvalue weighted by molar-refractivity contribution is 5.93. The second-order valence-electron chi connectivity index (χ2n) is 6.49. The Bertz CT molecular complexity index is 834. The van der Waals surface area contributed by atoms with Crippen molar-refractivity contribution in [1.82, 2.24) is 14.7 Å². The van der Waals surface area contributed by atoms with Crippen LogP contribution in [0, 0.1) is 0 Å². The monoisotopic (exact) mass is 331 g/mol. The van der Waals surface area contributed by atoms with E-state index >= 15 is 0 Å². The number of benzene rings is 2. The largest absolute Gasteiger partial charge is 0.339 e. The Hall–Kier alpha value is -2.88. The van der Waals surface area contributed by atoms with E-state index < -0.39 is 0 Å². The summed E-state index contributed by atoms with van der Waals surface area (Å²) in [7, 11) is 0. The first-order valence-electron chi connectivity index (χ1n) is 8.75. The zero-order chi connectivity index (χ0) is 17.1. The van der Waals surface area contributed by atoms with Gasteiger partial charge in [-0.2, -0.15) is 5.10 Å². The smallest absolute Gasteiger partial charge is 0.257 e. The van der Waals surface area contributed by atoms with E-state index in [2.05, 4.69) is 29.4 Å². The van der Waals surface area contributed by atoms with E-state index in [-0.39, 0.29) is 5.91 Å². The van der Waals surface area contributed by atoms with Crippen molar-refractivity contribution in [3.05, 3.63) is 84.2 Å². The first-order valence-corrected chi connectivity index (χ1v) is 8.75. The lowest BCUT2D eigenvalue weighted by Crippen LogP contribution is -2.37. The van der Waals surface area contributed by atoms with E-state index in [0.717, 1.165) is 31.6 Å². The summed E-state index contributed by atoms with van der Waals surface area (Å²) in [4.78, 5) is 14.7. The zero-order valence-electron chi connectivity index (χ0n) is 14.1. The van der Waals surface area contributed by atoms with Crippen molar-refractivity contribution in [3.8, 4) is 5.69 Å². The van der Waals surface area contributed by atoms with Crippen molar-refractivity contribution in [3.63, 3.8) is 0 Å². The maximum absolute atomic E-state index is 12.8. The lowest BCUT2D eigenvalue weighted by molar-refractivity contribution is 0.0713. The van der Waals surface area contributed by atoms with Gasteiger partial charge in [-0.15, -0.1) is 0 Å². The first-order chi connectivity index (χ1) is 12.3. The highest BCUT2D eigenvalue weighted by Crippen LogP contribution is 2.28. The van der Waals surface area contributed by atoms with Gasteiger partial charge in [-0.3, -0.25) is 4.79 Å². The van der Waals surface area contributed by atoms with Crippen LogP contribution in [0.5, 0.6) is 0 Å². The summed E-state index contributed by atoms with van der Waals surface area (Å²) >= 11 is 0. The van der Waals surface area contributed by atoms with E-state index in [1.54, 1.807) is 10.9 Å². The molecule has 4 heteroatoms. The average Bonchev–Trinajstić information content (AvgIpc) is 3.19. The van der Waals surface area contributed by atoms with Gasteiger partial charge in [0.2, 0.25) is 0 Å². The van der Waals surface area contributed by atoms with Crippen LogP contribution in [0.25, 0.3) is 5.69 Å². The molecule has 1 aliphatic rings. The van der Waals surface area contributed by atoms with E-state index in [0.29, 0.717) is 11.5 Å². The summed E-state index contributed by atoms with van der Waals surface area (Å²) < 4.78 is 1.75. The normalized spacial score (nSPS) is 15.3. The Morgan fingerprint density at radius 3 is 2.24 bits per heavy atom. The van der Waals surface area contributed by atoms with E-state index in [1.807, 2.05) is 47.5 Å². The number of carbonyl (C=O) groups is 1. The molecular formula is C21H21N3O. The number of rotatable bonds is 3. The van der Waals surface area contributed by atoms with Crippen molar-refractivity contribution in [2.24, 2.45) is 0 Å². The van der Waals surface area contributed by atoms with Gasteiger partial charge in [0, 0.05) is 19.3 Å². The number of hydrogen-bond donors (Lipinski definition) is 0. The molecule has 3 aromatic rings. The zero-order valence-corrected chi connectivity index (χ0v) is 14.1. The number of amides is 1. The highest BCUT2D eigenvalue weighted by atomic mass is 16.2. The molecule has 25 heavy (non-hydrogen) atoms. The molecule has 0 unspecified atom stereocenters. The summed E-state index contributed by atoms with van der Waals surface area (Å²) in [5, 5.41) is 4.33. The predicted octanol–water partition coefficient (Wildman–Crippen LogP) is 3.89. The van der Waals surface area contributed by atoms with Crippen molar-refractivity contribution in [1.29, 1.82) is 0 Å². The second-order valence-corrected chi connectivity index (χ2v) is 6.49. The SMILES string of the molecule is O=C(c1cnn(-c2ccccc2)c1)N1CCC(c2ccccc2)CC1. The van der Waals surface area contributed by atoms with Gasteiger partial charge in [0.15, 0.2) is 0 Å². The van der Waals surface area contributed by atoms with Crippen molar-refractivity contribution in [2.75, 3.05) is 13.1 Å². The van der Waals surface area contributed by atoms with Crippen molar-refractivity contribution in [2.45, 2.75) is 18.8 Å². The fraction of sp³-hybridized carbons (Fsp3) is 0.238. The number of nitrogens with zero attached hydrogens (tertiary/aromatic N) is 3. The van der Waals surface area contributed by atoms with Gasteiger partial charge in [-0.25, -0.2) is 4.68 Å².